The first-order valence-electron chi connectivity index (χ1n) is 7.12. The average Bonchev–Trinajstić information content (AvgIpc) is 2.71. The van der Waals surface area contributed by atoms with E-state index >= 15 is 0 Å². The maximum atomic E-state index is 12.2. The lowest BCUT2D eigenvalue weighted by atomic mass is 10.2. The van der Waals surface area contributed by atoms with Crippen molar-refractivity contribution in [3.8, 4) is 5.69 Å². The van der Waals surface area contributed by atoms with E-state index in [4.69, 9.17) is 0 Å². The fourth-order valence-corrected chi connectivity index (χ4v) is 2.49. The van der Waals surface area contributed by atoms with Crippen LogP contribution in [0.25, 0.3) is 5.69 Å². The summed E-state index contributed by atoms with van der Waals surface area (Å²) in [6.07, 6.45) is -0.547. The summed E-state index contributed by atoms with van der Waals surface area (Å²) in [6.45, 7) is 7.88. The Morgan fingerprint density at radius 2 is 2.00 bits per heavy atom. The molecular formula is C17H22N2O2. The summed E-state index contributed by atoms with van der Waals surface area (Å²) in [5, 5.41) is 12.0. The van der Waals surface area contributed by atoms with Crippen molar-refractivity contribution in [2.24, 2.45) is 0 Å². The molecule has 0 saturated heterocycles. The van der Waals surface area contributed by atoms with Crippen LogP contribution in [0.1, 0.15) is 34.2 Å². The predicted octanol–water partition coefficient (Wildman–Crippen LogP) is 2.51. The third-order valence-electron chi connectivity index (χ3n) is 3.49. The molecule has 0 aliphatic heterocycles. The van der Waals surface area contributed by atoms with Gasteiger partial charge in [-0.1, -0.05) is 12.1 Å². The highest BCUT2D eigenvalue weighted by Crippen LogP contribution is 2.21. The number of amides is 1. The van der Waals surface area contributed by atoms with Crippen molar-refractivity contribution >= 4 is 5.91 Å². The Balaban J connectivity index is 2.36. The lowest BCUT2D eigenvalue weighted by Gasteiger charge is -2.11. The summed E-state index contributed by atoms with van der Waals surface area (Å²) >= 11 is 0. The van der Waals surface area contributed by atoms with Crippen molar-refractivity contribution in [3.05, 3.63) is 52.8 Å². The fraction of sp³-hybridized carbons (Fsp3) is 0.353. The Kier molecular flexibility index (Phi) is 4.48. The lowest BCUT2D eigenvalue weighted by Crippen LogP contribution is -2.30. The van der Waals surface area contributed by atoms with E-state index in [0.717, 1.165) is 17.1 Å². The zero-order valence-electron chi connectivity index (χ0n) is 13.0. The van der Waals surface area contributed by atoms with Gasteiger partial charge in [0.15, 0.2) is 0 Å². The van der Waals surface area contributed by atoms with Crippen molar-refractivity contribution in [3.63, 3.8) is 0 Å². The monoisotopic (exact) mass is 286 g/mol. The number of carbonyl (C=O) groups is 1. The Hall–Kier alpha value is -2.07. The lowest BCUT2D eigenvalue weighted by molar-refractivity contribution is 0.0923. The molecule has 0 radical (unpaired) electrons. The molecule has 0 saturated carbocycles. The largest absolute Gasteiger partial charge is 0.392 e. The summed E-state index contributed by atoms with van der Waals surface area (Å²) in [7, 11) is 0. The van der Waals surface area contributed by atoms with Gasteiger partial charge < -0.3 is 15.0 Å². The van der Waals surface area contributed by atoms with Crippen molar-refractivity contribution in [2.75, 3.05) is 6.54 Å². The second-order valence-corrected chi connectivity index (χ2v) is 5.52. The maximum Gasteiger partial charge on any atom is 0.253 e. The molecule has 1 unspecified atom stereocenters. The van der Waals surface area contributed by atoms with Crippen LogP contribution in [0.4, 0.5) is 0 Å². The van der Waals surface area contributed by atoms with Gasteiger partial charge in [-0.3, -0.25) is 4.79 Å². The molecule has 4 heteroatoms. The van der Waals surface area contributed by atoms with E-state index in [9.17, 15) is 9.90 Å². The van der Waals surface area contributed by atoms with Crippen LogP contribution in [0.15, 0.2) is 30.3 Å². The molecule has 0 bridgehead atoms. The summed E-state index contributed by atoms with van der Waals surface area (Å²) in [5.41, 5.74) is 4.80. The second-order valence-electron chi connectivity index (χ2n) is 5.52. The van der Waals surface area contributed by atoms with Crippen molar-refractivity contribution in [2.45, 2.75) is 33.8 Å². The molecule has 0 spiro atoms. The number of benzene rings is 1. The Morgan fingerprint density at radius 1 is 1.29 bits per heavy atom. The minimum Gasteiger partial charge on any atom is -0.392 e. The zero-order valence-corrected chi connectivity index (χ0v) is 13.0. The standard InChI is InChI=1S/C17H22N2O2/c1-11-6-5-7-15(8-11)19-12(2)9-16(14(19)4)17(21)18-10-13(3)20/h5-9,13,20H,10H2,1-4H3,(H,18,21). The second kappa shape index (κ2) is 6.14. The molecule has 0 fully saturated rings. The van der Waals surface area contributed by atoms with E-state index in [-0.39, 0.29) is 12.5 Å². The molecule has 0 aliphatic rings. The van der Waals surface area contributed by atoms with Gasteiger partial charge in [0.25, 0.3) is 5.91 Å². The molecule has 2 N–H and O–H groups in total. The number of rotatable bonds is 4. The minimum absolute atomic E-state index is 0.150. The van der Waals surface area contributed by atoms with Gasteiger partial charge in [-0.05, 0) is 51.5 Å². The number of aromatic nitrogens is 1. The van der Waals surface area contributed by atoms with Crippen LogP contribution in [0.3, 0.4) is 0 Å². The number of aliphatic hydroxyl groups is 1. The molecule has 21 heavy (non-hydrogen) atoms. The van der Waals surface area contributed by atoms with E-state index in [1.54, 1.807) is 6.92 Å². The van der Waals surface area contributed by atoms with Gasteiger partial charge in [0, 0.05) is 23.6 Å². The first-order chi connectivity index (χ1) is 9.90. The molecule has 112 valence electrons. The first-order valence-corrected chi connectivity index (χ1v) is 7.12. The van der Waals surface area contributed by atoms with E-state index < -0.39 is 6.10 Å². The molecule has 1 amide bonds. The number of aryl methyl sites for hydroxylation is 2. The molecule has 1 aromatic carbocycles. The van der Waals surface area contributed by atoms with E-state index in [1.165, 1.54) is 5.56 Å². The van der Waals surface area contributed by atoms with Gasteiger partial charge in [0.05, 0.1) is 11.7 Å². The molecule has 1 aromatic heterocycles. The smallest absolute Gasteiger partial charge is 0.253 e. The third kappa shape index (κ3) is 3.34. The van der Waals surface area contributed by atoms with Crippen LogP contribution in [-0.2, 0) is 0 Å². The maximum absolute atomic E-state index is 12.2. The van der Waals surface area contributed by atoms with E-state index in [1.807, 2.05) is 45.0 Å². The molecule has 1 heterocycles. The topological polar surface area (TPSA) is 54.3 Å². The van der Waals surface area contributed by atoms with Gasteiger partial charge in [-0.25, -0.2) is 0 Å². The summed E-state index contributed by atoms with van der Waals surface area (Å²) in [6, 6.07) is 10.1. The van der Waals surface area contributed by atoms with E-state index in [2.05, 4.69) is 16.0 Å². The highest BCUT2D eigenvalue weighted by atomic mass is 16.3. The van der Waals surface area contributed by atoms with Crippen LogP contribution in [-0.4, -0.2) is 28.2 Å². The quantitative estimate of drug-likeness (QED) is 0.907. The molecule has 1 atom stereocenters. The normalized spacial score (nSPS) is 12.2. The highest BCUT2D eigenvalue weighted by Gasteiger charge is 2.16. The number of nitrogens with zero attached hydrogens (tertiary/aromatic N) is 1. The predicted molar refractivity (Wildman–Crippen MR) is 84.0 cm³/mol. The van der Waals surface area contributed by atoms with Gasteiger partial charge in [-0.15, -0.1) is 0 Å². The van der Waals surface area contributed by atoms with Crippen LogP contribution >= 0.6 is 0 Å². The van der Waals surface area contributed by atoms with Crippen molar-refractivity contribution < 1.29 is 9.90 Å². The fourth-order valence-electron chi connectivity index (χ4n) is 2.49. The Labute approximate surface area is 125 Å². The Morgan fingerprint density at radius 3 is 2.62 bits per heavy atom. The third-order valence-corrected chi connectivity index (χ3v) is 3.49. The van der Waals surface area contributed by atoms with Gasteiger partial charge >= 0.3 is 0 Å². The number of hydrogen-bond donors (Lipinski definition) is 2. The average molecular weight is 286 g/mol. The SMILES string of the molecule is Cc1cccc(-n2c(C)cc(C(=O)NCC(C)O)c2C)c1. The van der Waals surface area contributed by atoms with Crippen LogP contribution in [0.2, 0.25) is 0 Å². The van der Waals surface area contributed by atoms with Crippen molar-refractivity contribution in [1.29, 1.82) is 0 Å². The highest BCUT2D eigenvalue weighted by molar-refractivity contribution is 5.95. The molecule has 0 aliphatic carbocycles. The first kappa shape index (κ1) is 15.3. The number of hydrogen-bond acceptors (Lipinski definition) is 2. The van der Waals surface area contributed by atoms with E-state index in [0.29, 0.717) is 5.56 Å². The number of aliphatic hydroxyl groups excluding tert-OH is 1. The Bertz CT molecular complexity index is 657. The molecular weight excluding hydrogens is 264 g/mol. The van der Waals surface area contributed by atoms with Crippen molar-refractivity contribution in [1.82, 2.24) is 9.88 Å². The minimum atomic E-state index is -0.547. The van der Waals surface area contributed by atoms with Crippen LogP contribution in [0.5, 0.6) is 0 Å². The molecule has 4 nitrogen and oxygen atoms in total. The summed E-state index contributed by atoms with van der Waals surface area (Å²) in [4.78, 5) is 12.2. The molecule has 2 aromatic rings. The number of carbonyl (C=O) groups excluding carboxylic acids is 1. The van der Waals surface area contributed by atoms with Gasteiger partial charge in [0.1, 0.15) is 0 Å². The summed E-state index contributed by atoms with van der Waals surface area (Å²) < 4.78 is 2.07. The van der Waals surface area contributed by atoms with Crippen LogP contribution < -0.4 is 5.32 Å². The van der Waals surface area contributed by atoms with Gasteiger partial charge in [-0.2, -0.15) is 0 Å². The molecule has 2 rings (SSSR count). The summed E-state index contributed by atoms with van der Waals surface area (Å²) in [5.74, 6) is -0.150. The zero-order chi connectivity index (χ0) is 15.6. The van der Waals surface area contributed by atoms with Gasteiger partial charge in [0.2, 0.25) is 0 Å². The van der Waals surface area contributed by atoms with Crippen LogP contribution in [0, 0.1) is 20.8 Å². The number of nitrogens with one attached hydrogen (secondary N) is 1.